The molecule has 0 spiro atoms. The highest BCUT2D eigenvalue weighted by Gasteiger charge is 2.12. The van der Waals surface area contributed by atoms with Crippen molar-refractivity contribution in [1.82, 2.24) is 10.4 Å². The molecule has 1 aromatic carbocycles. The Morgan fingerprint density at radius 2 is 2.09 bits per heavy atom. The highest BCUT2D eigenvalue weighted by atomic mass is 32.1. The normalized spacial score (nSPS) is 10.0. The third-order valence-electron chi connectivity index (χ3n) is 2.65. The summed E-state index contributed by atoms with van der Waals surface area (Å²) in [5.74, 6) is 0.773. The monoisotopic (exact) mass is 319 g/mol. The van der Waals surface area contributed by atoms with E-state index >= 15 is 0 Å². The first-order valence-electron chi connectivity index (χ1n) is 6.59. The molecule has 0 saturated carbocycles. The van der Waals surface area contributed by atoms with Gasteiger partial charge in [-0.25, -0.2) is 15.2 Å². The van der Waals surface area contributed by atoms with E-state index in [1.165, 1.54) is 7.11 Å². The minimum absolute atomic E-state index is 0.312. The fourth-order valence-electron chi connectivity index (χ4n) is 1.69. The molecule has 0 fully saturated rings. The van der Waals surface area contributed by atoms with Gasteiger partial charge < -0.3 is 9.47 Å². The number of thiazole rings is 1. The van der Waals surface area contributed by atoms with Crippen molar-refractivity contribution in [3.05, 3.63) is 28.6 Å². The van der Waals surface area contributed by atoms with Gasteiger partial charge in [0.25, 0.3) is 0 Å². The van der Waals surface area contributed by atoms with E-state index in [0.29, 0.717) is 11.5 Å². The zero-order valence-electron chi connectivity index (χ0n) is 12.8. The molecule has 0 saturated heterocycles. The van der Waals surface area contributed by atoms with Crippen molar-refractivity contribution >= 4 is 23.1 Å². The number of benzene rings is 1. The van der Waals surface area contributed by atoms with E-state index in [1.807, 2.05) is 18.4 Å². The molecule has 0 atom stereocenters. The van der Waals surface area contributed by atoms with Crippen LogP contribution in [0.3, 0.4) is 0 Å². The standard InChI is InChI=1S/C15H17N3O3S/c1-9(2)17-18-15(19)21-14-7-11(5-6-13(14)20-4)12-8-22-10(3)16-12/h5-8H,1-4H3,(H,18,19). The van der Waals surface area contributed by atoms with Crippen molar-refractivity contribution in [3.63, 3.8) is 0 Å². The molecule has 1 N–H and O–H groups in total. The van der Waals surface area contributed by atoms with Crippen molar-refractivity contribution in [1.29, 1.82) is 0 Å². The number of amides is 1. The topological polar surface area (TPSA) is 72.8 Å². The van der Waals surface area contributed by atoms with Gasteiger partial charge in [-0.2, -0.15) is 5.10 Å². The number of nitrogens with zero attached hydrogens (tertiary/aromatic N) is 2. The van der Waals surface area contributed by atoms with Crippen molar-refractivity contribution in [2.45, 2.75) is 20.8 Å². The molecule has 0 bridgehead atoms. The van der Waals surface area contributed by atoms with E-state index in [0.717, 1.165) is 22.0 Å². The number of hydrazone groups is 1. The molecule has 1 amide bonds. The number of aryl methyl sites for hydroxylation is 1. The fraction of sp³-hybridized carbons (Fsp3) is 0.267. The number of ether oxygens (including phenoxy) is 2. The van der Waals surface area contributed by atoms with Gasteiger partial charge in [0.2, 0.25) is 0 Å². The Labute approximate surface area is 132 Å². The Morgan fingerprint density at radius 3 is 2.68 bits per heavy atom. The lowest BCUT2D eigenvalue weighted by molar-refractivity contribution is 0.199. The van der Waals surface area contributed by atoms with E-state index in [1.54, 1.807) is 37.3 Å². The van der Waals surface area contributed by atoms with Crippen LogP contribution in [0.15, 0.2) is 28.7 Å². The number of methoxy groups -OCH3 is 1. The highest BCUT2D eigenvalue weighted by molar-refractivity contribution is 7.09. The lowest BCUT2D eigenvalue weighted by atomic mass is 10.1. The molecular formula is C15H17N3O3S. The maximum absolute atomic E-state index is 11.7. The summed E-state index contributed by atoms with van der Waals surface area (Å²) < 4.78 is 10.5. The summed E-state index contributed by atoms with van der Waals surface area (Å²) in [4.78, 5) is 16.1. The Hall–Kier alpha value is -2.41. The smallest absolute Gasteiger partial charge is 0.433 e. The quantitative estimate of drug-likeness (QED) is 0.690. The summed E-state index contributed by atoms with van der Waals surface area (Å²) in [6, 6.07) is 5.32. The number of hydrogen-bond donors (Lipinski definition) is 1. The van der Waals surface area contributed by atoms with E-state index < -0.39 is 6.09 Å². The number of nitrogens with one attached hydrogen (secondary N) is 1. The molecule has 0 aliphatic carbocycles. The van der Waals surface area contributed by atoms with Crippen LogP contribution in [-0.4, -0.2) is 23.9 Å². The first-order valence-corrected chi connectivity index (χ1v) is 7.47. The number of carbonyl (C=O) groups is 1. The first-order chi connectivity index (χ1) is 10.5. The molecule has 1 aromatic heterocycles. The Kier molecular flexibility index (Phi) is 5.11. The lowest BCUT2D eigenvalue weighted by Crippen LogP contribution is -2.22. The summed E-state index contributed by atoms with van der Waals surface area (Å²) in [5, 5.41) is 6.72. The summed E-state index contributed by atoms with van der Waals surface area (Å²) in [6.45, 7) is 5.48. The molecule has 6 nitrogen and oxygen atoms in total. The van der Waals surface area contributed by atoms with E-state index in [9.17, 15) is 4.79 Å². The summed E-state index contributed by atoms with van der Waals surface area (Å²) in [6.07, 6.45) is -0.675. The Bertz CT molecular complexity index is 706. The second kappa shape index (κ2) is 7.04. The average Bonchev–Trinajstić information content (AvgIpc) is 2.91. The largest absolute Gasteiger partial charge is 0.493 e. The van der Waals surface area contributed by atoms with Crippen molar-refractivity contribution in [2.75, 3.05) is 7.11 Å². The van der Waals surface area contributed by atoms with Gasteiger partial charge in [0.05, 0.1) is 17.8 Å². The number of carbonyl (C=O) groups excluding carboxylic acids is 1. The summed E-state index contributed by atoms with van der Waals surface area (Å²) in [7, 11) is 1.51. The molecule has 116 valence electrons. The van der Waals surface area contributed by atoms with Crippen LogP contribution in [0.5, 0.6) is 11.5 Å². The van der Waals surface area contributed by atoms with Gasteiger partial charge in [-0.15, -0.1) is 11.3 Å². The molecular weight excluding hydrogens is 302 g/mol. The second-order valence-corrected chi connectivity index (χ2v) is 5.74. The van der Waals surface area contributed by atoms with E-state index in [2.05, 4.69) is 15.5 Å². The van der Waals surface area contributed by atoms with Gasteiger partial charge in [-0.1, -0.05) is 0 Å². The SMILES string of the molecule is COc1ccc(-c2csc(C)n2)cc1OC(=O)NN=C(C)C. The molecule has 2 rings (SSSR count). The zero-order valence-corrected chi connectivity index (χ0v) is 13.7. The zero-order chi connectivity index (χ0) is 16.1. The average molecular weight is 319 g/mol. The first kappa shape index (κ1) is 16.0. The molecule has 0 aliphatic rings. The van der Waals surface area contributed by atoms with Crippen LogP contribution < -0.4 is 14.9 Å². The van der Waals surface area contributed by atoms with E-state index in [4.69, 9.17) is 9.47 Å². The summed E-state index contributed by atoms with van der Waals surface area (Å²) in [5.41, 5.74) is 4.70. The molecule has 0 aliphatic heterocycles. The minimum Gasteiger partial charge on any atom is -0.493 e. The van der Waals surface area contributed by atoms with Crippen LogP contribution in [0.25, 0.3) is 11.3 Å². The van der Waals surface area contributed by atoms with Crippen LogP contribution in [0, 0.1) is 6.92 Å². The molecule has 2 aromatic rings. The van der Waals surface area contributed by atoms with Gasteiger partial charge in [0, 0.05) is 16.7 Å². The van der Waals surface area contributed by atoms with Crippen molar-refractivity contribution < 1.29 is 14.3 Å². The Balaban J connectivity index is 2.25. The minimum atomic E-state index is -0.675. The predicted octanol–water partition coefficient (Wildman–Crippen LogP) is 3.61. The molecule has 0 radical (unpaired) electrons. The van der Waals surface area contributed by atoms with Gasteiger partial charge in [-0.05, 0) is 39.0 Å². The lowest BCUT2D eigenvalue weighted by Gasteiger charge is -2.10. The third kappa shape index (κ3) is 4.05. The highest BCUT2D eigenvalue weighted by Crippen LogP contribution is 2.33. The van der Waals surface area contributed by atoms with Gasteiger partial charge in [-0.3, -0.25) is 0 Å². The van der Waals surface area contributed by atoms with Crippen LogP contribution >= 0.6 is 11.3 Å². The van der Waals surface area contributed by atoms with Crippen molar-refractivity contribution in [3.8, 4) is 22.8 Å². The van der Waals surface area contributed by atoms with Gasteiger partial charge >= 0.3 is 6.09 Å². The number of rotatable bonds is 4. The van der Waals surface area contributed by atoms with Crippen LogP contribution in [0.4, 0.5) is 4.79 Å². The molecule has 0 unspecified atom stereocenters. The second-order valence-electron chi connectivity index (χ2n) is 4.68. The van der Waals surface area contributed by atoms with Crippen LogP contribution in [0.2, 0.25) is 0 Å². The fourth-order valence-corrected chi connectivity index (χ4v) is 2.31. The van der Waals surface area contributed by atoms with Gasteiger partial charge in [0.15, 0.2) is 11.5 Å². The van der Waals surface area contributed by atoms with Crippen LogP contribution in [0.1, 0.15) is 18.9 Å². The molecule has 22 heavy (non-hydrogen) atoms. The molecule has 7 heteroatoms. The van der Waals surface area contributed by atoms with Crippen LogP contribution in [-0.2, 0) is 0 Å². The molecule has 1 heterocycles. The third-order valence-corrected chi connectivity index (χ3v) is 3.43. The Morgan fingerprint density at radius 1 is 1.32 bits per heavy atom. The number of aromatic nitrogens is 1. The number of hydrogen-bond acceptors (Lipinski definition) is 6. The van der Waals surface area contributed by atoms with Crippen molar-refractivity contribution in [2.24, 2.45) is 5.10 Å². The summed E-state index contributed by atoms with van der Waals surface area (Å²) >= 11 is 1.56. The maximum Gasteiger partial charge on any atom is 0.433 e. The maximum atomic E-state index is 11.7. The van der Waals surface area contributed by atoms with E-state index in [-0.39, 0.29) is 0 Å². The predicted molar refractivity (Wildman–Crippen MR) is 86.8 cm³/mol. The van der Waals surface area contributed by atoms with Gasteiger partial charge in [0.1, 0.15) is 0 Å².